The Kier molecular flexibility index (Phi) is 3.92. The van der Waals surface area contributed by atoms with Gasteiger partial charge in [-0.1, -0.05) is 19.9 Å². The first kappa shape index (κ1) is 14.1. The highest BCUT2D eigenvalue weighted by atomic mass is 16.2. The van der Waals surface area contributed by atoms with Crippen LogP contribution in [0.15, 0.2) is 30.5 Å². The number of amides is 1. The van der Waals surface area contributed by atoms with Crippen LogP contribution >= 0.6 is 0 Å². The number of carbonyl (C=O) groups excluding carboxylic acids is 1. The fourth-order valence-corrected chi connectivity index (χ4v) is 2.79. The highest BCUT2D eigenvalue weighted by molar-refractivity contribution is 5.78. The van der Waals surface area contributed by atoms with Crippen LogP contribution in [0.25, 0.3) is 5.52 Å². The van der Waals surface area contributed by atoms with Gasteiger partial charge in [0.25, 0.3) is 0 Å². The van der Waals surface area contributed by atoms with Gasteiger partial charge in [0, 0.05) is 44.8 Å². The maximum absolute atomic E-state index is 12.0. The van der Waals surface area contributed by atoms with E-state index in [1.807, 2.05) is 41.6 Å². The summed E-state index contributed by atoms with van der Waals surface area (Å²) in [7, 11) is 0. The smallest absolute Gasteiger partial charge is 0.225 e. The van der Waals surface area contributed by atoms with Gasteiger partial charge >= 0.3 is 0 Å². The molecule has 2 aromatic rings. The van der Waals surface area contributed by atoms with Crippen molar-refractivity contribution < 1.29 is 4.79 Å². The zero-order chi connectivity index (χ0) is 14.8. The van der Waals surface area contributed by atoms with E-state index in [0.29, 0.717) is 0 Å². The summed E-state index contributed by atoms with van der Waals surface area (Å²) in [6, 6.07) is 8.21. The summed E-state index contributed by atoms with van der Waals surface area (Å²) in [5.41, 5.74) is 2.21. The molecule has 5 nitrogen and oxygen atoms in total. The molecule has 112 valence electrons. The van der Waals surface area contributed by atoms with Crippen molar-refractivity contribution in [1.82, 2.24) is 19.4 Å². The van der Waals surface area contributed by atoms with Gasteiger partial charge in [0.1, 0.15) is 0 Å². The molecule has 3 rings (SSSR count). The summed E-state index contributed by atoms with van der Waals surface area (Å²) < 4.78 is 1.91. The Morgan fingerprint density at radius 3 is 2.67 bits per heavy atom. The lowest BCUT2D eigenvalue weighted by Crippen LogP contribution is -2.49. The summed E-state index contributed by atoms with van der Waals surface area (Å²) >= 11 is 0. The molecule has 1 fully saturated rings. The molecule has 1 amide bonds. The van der Waals surface area contributed by atoms with Gasteiger partial charge in [-0.25, -0.2) is 4.52 Å². The molecule has 0 radical (unpaired) electrons. The number of hydrogen-bond donors (Lipinski definition) is 0. The molecule has 0 atom stereocenters. The summed E-state index contributed by atoms with van der Waals surface area (Å²) in [5.74, 6) is 0.359. The van der Waals surface area contributed by atoms with Crippen LogP contribution in [0.1, 0.15) is 19.5 Å². The van der Waals surface area contributed by atoms with Crippen molar-refractivity contribution in [3.05, 3.63) is 36.2 Å². The maximum atomic E-state index is 12.0. The highest BCUT2D eigenvalue weighted by Crippen LogP contribution is 2.12. The molecule has 5 heteroatoms. The van der Waals surface area contributed by atoms with Gasteiger partial charge in [0.2, 0.25) is 5.91 Å². The molecule has 3 heterocycles. The third kappa shape index (κ3) is 3.08. The van der Waals surface area contributed by atoms with E-state index in [0.717, 1.165) is 43.9 Å². The molecule has 2 aromatic heterocycles. The SMILES string of the molecule is CC(C)C(=O)N1CCN(Cc2cc3ccccn3n2)CC1. The lowest BCUT2D eigenvalue weighted by Gasteiger charge is -2.35. The van der Waals surface area contributed by atoms with E-state index in [4.69, 9.17) is 0 Å². The number of hydrogen-bond acceptors (Lipinski definition) is 3. The topological polar surface area (TPSA) is 40.9 Å². The second kappa shape index (κ2) is 5.85. The van der Waals surface area contributed by atoms with Crippen LogP contribution in [0, 0.1) is 5.92 Å². The maximum Gasteiger partial charge on any atom is 0.225 e. The molecule has 0 unspecified atom stereocenters. The molecule has 21 heavy (non-hydrogen) atoms. The average molecular weight is 286 g/mol. The Morgan fingerprint density at radius 2 is 2.00 bits per heavy atom. The Balaban J connectivity index is 1.59. The molecule has 0 N–H and O–H groups in total. The number of piperazine rings is 1. The molecule has 1 saturated heterocycles. The second-order valence-corrected chi connectivity index (χ2v) is 5.96. The Bertz CT molecular complexity index is 593. The van der Waals surface area contributed by atoms with Crippen LogP contribution in [0.2, 0.25) is 0 Å². The third-order valence-electron chi connectivity index (χ3n) is 3.98. The number of nitrogens with zero attached hydrogens (tertiary/aromatic N) is 4. The summed E-state index contributed by atoms with van der Waals surface area (Å²) in [6.07, 6.45) is 1.97. The molecule has 0 spiro atoms. The highest BCUT2D eigenvalue weighted by Gasteiger charge is 2.23. The zero-order valence-electron chi connectivity index (χ0n) is 12.7. The van der Waals surface area contributed by atoms with Gasteiger partial charge in [-0.2, -0.15) is 5.10 Å². The molecule has 0 saturated carbocycles. The van der Waals surface area contributed by atoms with Crippen molar-refractivity contribution in [2.75, 3.05) is 26.2 Å². The van der Waals surface area contributed by atoms with Crippen molar-refractivity contribution in [3.63, 3.8) is 0 Å². The summed E-state index contributed by atoms with van der Waals surface area (Å²) in [4.78, 5) is 16.3. The predicted molar refractivity (Wildman–Crippen MR) is 81.9 cm³/mol. The molecule has 0 aromatic carbocycles. The first-order valence-corrected chi connectivity index (χ1v) is 7.58. The van der Waals surface area contributed by atoms with E-state index >= 15 is 0 Å². The van der Waals surface area contributed by atoms with E-state index < -0.39 is 0 Å². The first-order valence-electron chi connectivity index (χ1n) is 7.58. The van der Waals surface area contributed by atoms with E-state index in [1.54, 1.807) is 0 Å². The van der Waals surface area contributed by atoms with Gasteiger partial charge in [-0.3, -0.25) is 9.69 Å². The fraction of sp³-hybridized carbons (Fsp3) is 0.500. The lowest BCUT2D eigenvalue weighted by atomic mass is 10.1. The fourth-order valence-electron chi connectivity index (χ4n) is 2.79. The largest absolute Gasteiger partial charge is 0.340 e. The minimum atomic E-state index is 0.0926. The van der Waals surface area contributed by atoms with Crippen molar-refractivity contribution in [1.29, 1.82) is 0 Å². The summed E-state index contributed by atoms with van der Waals surface area (Å²) in [6.45, 7) is 8.27. The zero-order valence-corrected chi connectivity index (χ0v) is 12.7. The van der Waals surface area contributed by atoms with Gasteiger partial charge in [-0.05, 0) is 18.2 Å². The van der Waals surface area contributed by atoms with E-state index in [9.17, 15) is 4.79 Å². The minimum absolute atomic E-state index is 0.0926. The van der Waals surface area contributed by atoms with Crippen LogP contribution < -0.4 is 0 Å². The molecular formula is C16H22N4O. The first-order chi connectivity index (χ1) is 10.1. The lowest BCUT2D eigenvalue weighted by molar-refractivity contribution is -0.136. The van der Waals surface area contributed by atoms with E-state index in [1.165, 1.54) is 0 Å². The van der Waals surface area contributed by atoms with Crippen molar-refractivity contribution >= 4 is 11.4 Å². The number of fused-ring (bicyclic) bond motifs is 1. The number of aromatic nitrogens is 2. The second-order valence-electron chi connectivity index (χ2n) is 5.96. The Labute approximate surface area is 125 Å². The Hall–Kier alpha value is -1.88. The normalized spacial score (nSPS) is 16.8. The number of rotatable bonds is 3. The quantitative estimate of drug-likeness (QED) is 0.861. The standard InChI is InChI=1S/C16H22N4O/c1-13(2)16(21)19-9-7-18(8-10-19)12-14-11-15-5-3-4-6-20(15)17-14/h3-6,11,13H,7-10,12H2,1-2H3. The predicted octanol–water partition coefficient (Wildman–Crippen LogP) is 1.63. The molecule has 0 aliphatic carbocycles. The van der Waals surface area contributed by atoms with Gasteiger partial charge in [-0.15, -0.1) is 0 Å². The molecular weight excluding hydrogens is 264 g/mol. The van der Waals surface area contributed by atoms with E-state index in [2.05, 4.69) is 22.1 Å². The number of carbonyl (C=O) groups is 1. The summed E-state index contributed by atoms with van der Waals surface area (Å²) in [5, 5.41) is 4.58. The van der Waals surface area contributed by atoms with Crippen LogP contribution in [0.4, 0.5) is 0 Å². The van der Waals surface area contributed by atoms with Crippen molar-refractivity contribution in [3.8, 4) is 0 Å². The minimum Gasteiger partial charge on any atom is -0.340 e. The third-order valence-corrected chi connectivity index (χ3v) is 3.98. The van der Waals surface area contributed by atoms with Crippen LogP contribution in [0.5, 0.6) is 0 Å². The molecule has 1 aliphatic rings. The molecule has 0 bridgehead atoms. The monoisotopic (exact) mass is 286 g/mol. The molecule has 1 aliphatic heterocycles. The van der Waals surface area contributed by atoms with E-state index in [-0.39, 0.29) is 11.8 Å². The number of pyridine rings is 1. The van der Waals surface area contributed by atoms with Crippen LogP contribution in [0.3, 0.4) is 0 Å². The average Bonchev–Trinajstić information content (AvgIpc) is 2.89. The van der Waals surface area contributed by atoms with Crippen molar-refractivity contribution in [2.45, 2.75) is 20.4 Å². The van der Waals surface area contributed by atoms with Gasteiger partial charge in [0.15, 0.2) is 0 Å². The van der Waals surface area contributed by atoms with Crippen LogP contribution in [-0.4, -0.2) is 51.5 Å². The van der Waals surface area contributed by atoms with Crippen molar-refractivity contribution in [2.24, 2.45) is 5.92 Å². The van der Waals surface area contributed by atoms with Crippen LogP contribution in [-0.2, 0) is 11.3 Å². The van der Waals surface area contributed by atoms with Gasteiger partial charge in [0.05, 0.1) is 11.2 Å². The van der Waals surface area contributed by atoms with Gasteiger partial charge < -0.3 is 4.90 Å². The Morgan fingerprint density at radius 1 is 1.24 bits per heavy atom.